The second kappa shape index (κ2) is 11.5. The summed E-state index contributed by atoms with van der Waals surface area (Å²) in [5, 5.41) is 5.26. The first-order valence-corrected chi connectivity index (χ1v) is 14.0. The van der Waals surface area contributed by atoms with Gasteiger partial charge in [-0.3, -0.25) is 15.0 Å². The number of amides is 3. The van der Waals surface area contributed by atoms with E-state index in [4.69, 9.17) is 9.47 Å². The van der Waals surface area contributed by atoms with E-state index in [9.17, 15) is 9.59 Å². The van der Waals surface area contributed by atoms with Crippen molar-refractivity contribution in [3.63, 3.8) is 0 Å². The minimum absolute atomic E-state index is 0.0616. The number of ether oxygens (including phenoxy) is 2. The Balaban J connectivity index is 0.935. The Hall–Kier alpha value is -3.90. The van der Waals surface area contributed by atoms with Gasteiger partial charge in [0.25, 0.3) is 0 Å². The summed E-state index contributed by atoms with van der Waals surface area (Å²) in [5.74, 6) is 2.58. The number of pyridine rings is 1. The van der Waals surface area contributed by atoms with Crippen LogP contribution < -0.4 is 19.7 Å². The molecule has 0 unspecified atom stereocenters. The molecule has 1 N–H and O–H groups in total. The normalized spacial score (nSPS) is 17.4. The van der Waals surface area contributed by atoms with E-state index in [2.05, 4.69) is 31.2 Å². The lowest BCUT2D eigenvalue weighted by molar-refractivity contribution is -0.132. The summed E-state index contributed by atoms with van der Waals surface area (Å²) in [6.07, 6.45) is 2.01. The van der Waals surface area contributed by atoms with Crippen molar-refractivity contribution in [2.24, 2.45) is 0 Å². The van der Waals surface area contributed by atoms with Crippen LogP contribution in [0.2, 0.25) is 0 Å². The first kappa shape index (κ1) is 25.4. The fourth-order valence-electron chi connectivity index (χ4n) is 5.02. The van der Waals surface area contributed by atoms with Crippen LogP contribution in [-0.2, 0) is 17.8 Å². The molecule has 11 nitrogen and oxygen atoms in total. The second-order valence-corrected chi connectivity index (χ2v) is 10.6. The maximum absolute atomic E-state index is 12.9. The highest BCUT2D eigenvalue weighted by molar-refractivity contribution is 7.13. The van der Waals surface area contributed by atoms with Gasteiger partial charge in [0.1, 0.15) is 5.82 Å². The van der Waals surface area contributed by atoms with Crippen molar-refractivity contribution in [2.75, 3.05) is 69.4 Å². The standard InChI is InChI=1S/C27H31N7O4S/c35-25(33-9-7-31(8-10-33)17-20-4-5-22-23(15-20)38-19-37-22)16-21-18-39-26(29-21)30-27(36)34-13-11-32(12-14-34)24-3-1-2-6-28-24/h1-6,15,18H,7-14,16-17,19H2,(H,29,30,36). The molecule has 2 fully saturated rings. The Morgan fingerprint density at radius 1 is 0.923 bits per heavy atom. The molecule has 6 rings (SSSR count). The van der Waals surface area contributed by atoms with E-state index in [-0.39, 0.29) is 25.2 Å². The van der Waals surface area contributed by atoms with E-state index >= 15 is 0 Å². The number of aromatic nitrogens is 2. The van der Waals surface area contributed by atoms with Gasteiger partial charge in [-0.1, -0.05) is 12.1 Å². The van der Waals surface area contributed by atoms with E-state index < -0.39 is 0 Å². The topological polar surface area (TPSA) is 103 Å². The molecule has 2 saturated heterocycles. The number of nitrogens with zero attached hydrogens (tertiary/aromatic N) is 6. The molecule has 3 aliphatic heterocycles. The first-order chi connectivity index (χ1) is 19.1. The van der Waals surface area contributed by atoms with E-state index in [1.165, 1.54) is 16.9 Å². The van der Waals surface area contributed by atoms with E-state index in [1.807, 2.05) is 40.6 Å². The zero-order chi connectivity index (χ0) is 26.6. The second-order valence-electron chi connectivity index (χ2n) is 9.76. The smallest absolute Gasteiger partial charge is 0.323 e. The van der Waals surface area contributed by atoms with Gasteiger partial charge < -0.3 is 24.2 Å². The zero-order valence-corrected chi connectivity index (χ0v) is 22.4. The number of anilines is 2. The highest BCUT2D eigenvalue weighted by atomic mass is 32.1. The molecule has 0 spiro atoms. The molecular formula is C27H31N7O4S. The molecule has 3 aliphatic rings. The van der Waals surface area contributed by atoms with Crippen molar-refractivity contribution in [1.82, 2.24) is 24.7 Å². The number of urea groups is 1. The van der Waals surface area contributed by atoms with Crippen LogP contribution in [0.4, 0.5) is 15.7 Å². The van der Waals surface area contributed by atoms with E-state index in [0.717, 1.165) is 50.0 Å². The van der Waals surface area contributed by atoms with Gasteiger partial charge in [-0.05, 0) is 29.8 Å². The molecule has 0 saturated carbocycles. The van der Waals surface area contributed by atoms with Crippen LogP contribution in [0.3, 0.4) is 0 Å². The van der Waals surface area contributed by atoms with Gasteiger partial charge in [-0.2, -0.15) is 0 Å². The summed E-state index contributed by atoms with van der Waals surface area (Å²) in [6, 6.07) is 11.7. The Kier molecular flexibility index (Phi) is 7.46. The maximum Gasteiger partial charge on any atom is 0.323 e. The van der Waals surface area contributed by atoms with Gasteiger partial charge in [0.05, 0.1) is 12.1 Å². The Bertz CT molecular complexity index is 1300. The average Bonchev–Trinajstić information content (AvgIpc) is 3.63. The molecule has 1 aromatic carbocycles. The average molecular weight is 550 g/mol. The number of rotatable bonds is 6. The van der Waals surface area contributed by atoms with Crippen LogP contribution in [-0.4, -0.2) is 95.8 Å². The van der Waals surface area contributed by atoms with Crippen molar-refractivity contribution < 1.29 is 19.1 Å². The molecule has 0 radical (unpaired) electrons. The van der Waals surface area contributed by atoms with E-state index in [0.29, 0.717) is 37.0 Å². The predicted molar refractivity (Wildman–Crippen MR) is 147 cm³/mol. The van der Waals surface area contributed by atoms with Crippen LogP contribution in [0.1, 0.15) is 11.3 Å². The largest absolute Gasteiger partial charge is 0.454 e. The number of fused-ring (bicyclic) bond motifs is 1. The van der Waals surface area contributed by atoms with Crippen LogP contribution in [0.15, 0.2) is 48.0 Å². The third-order valence-corrected chi connectivity index (χ3v) is 8.01. The fraction of sp³-hybridized carbons (Fsp3) is 0.407. The van der Waals surface area contributed by atoms with Crippen molar-refractivity contribution in [3.05, 3.63) is 59.2 Å². The molecule has 2 aromatic heterocycles. The molecule has 12 heteroatoms. The number of hydrogen-bond acceptors (Lipinski definition) is 9. The number of nitrogens with one attached hydrogen (secondary N) is 1. The van der Waals surface area contributed by atoms with Crippen LogP contribution in [0.25, 0.3) is 0 Å². The Morgan fingerprint density at radius 2 is 1.72 bits per heavy atom. The number of benzene rings is 1. The minimum Gasteiger partial charge on any atom is -0.454 e. The third kappa shape index (κ3) is 6.07. The number of piperazine rings is 2. The van der Waals surface area contributed by atoms with Crippen LogP contribution in [0, 0.1) is 0 Å². The number of thiazole rings is 1. The van der Waals surface area contributed by atoms with Gasteiger partial charge in [-0.25, -0.2) is 14.8 Å². The SMILES string of the molecule is O=C(Cc1csc(NC(=O)N2CCN(c3ccccn3)CC2)n1)N1CCN(Cc2ccc3c(c2)OCO3)CC1. The summed E-state index contributed by atoms with van der Waals surface area (Å²) in [5.41, 5.74) is 1.86. The van der Waals surface area contributed by atoms with Crippen LogP contribution in [0.5, 0.6) is 11.5 Å². The summed E-state index contributed by atoms with van der Waals surface area (Å²) < 4.78 is 10.9. The molecule has 0 bridgehead atoms. The fourth-order valence-corrected chi connectivity index (χ4v) is 5.72. The number of carbonyl (C=O) groups excluding carboxylic acids is 2. The first-order valence-electron chi connectivity index (χ1n) is 13.2. The number of hydrogen-bond donors (Lipinski definition) is 1. The van der Waals surface area contributed by atoms with Crippen molar-refractivity contribution in [1.29, 1.82) is 0 Å². The molecule has 0 aliphatic carbocycles. The van der Waals surface area contributed by atoms with Gasteiger partial charge >= 0.3 is 6.03 Å². The predicted octanol–water partition coefficient (Wildman–Crippen LogP) is 2.51. The molecule has 5 heterocycles. The highest BCUT2D eigenvalue weighted by Gasteiger charge is 2.25. The molecule has 3 aromatic rings. The van der Waals surface area contributed by atoms with Gasteiger partial charge in [0, 0.05) is 70.5 Å². The molecule has 204 valence electrons. The van der Waals surface area contributed by atoms with Crippen molar-refractivity contribution in [2.45, 2.75) is 13.0 Å². The molecule has 39 heavy (non-hydrogen) atoms. The molecule has 3 amide bonds. The maximum atomic E-state index is 12.9. The highest BCUT2D eigenvalue weighted by Crippen LogP contribution is 2.33. The Labute approximate surface area is 230 Å². The summed E-state index contributed by atoms with van der Waals surface area (Å²) >= 11 is 1.35. The van der Waals surface area contributed by atoms with Gasteiger partial charge in [0.15, 0.2) is 16.6 Å². The monoisotopic (exact) mass is 549 g/mol. The summed E-state index contributed by atoms with van der Waals surface area (Å²) in [4.78, 5) is 42.8. The van der Waals surface area contributed by atoms with Crippen molar-refractivity contribution in [3.8, 4) is 11.5 Å². The summed E-state index contributed by atoms with van der Waals surface area (Å²) in [6.45, 7) is 6.75. The zero-order valence-electron chi connectivity index (χ0n) is 21.6. The van der Waals surface area contributed by atoms with Gasteiger partial charge in [-0.15, -0.1) is 11.3 Å². The lowest BCUT2D eigenvalue weighted by atomic mass is 10.1. The van der Waals surface area contributed by atoms with Crippen LogP contribution >= 0.6 is 11.3 Å². The van der Waals surface area contributed by atoms with Crippen molar-refractivity contribution >= 4 is 34.2 Å². The quantitative estimate of drug-likeness (QED) is 0.501. The Morgan fingerprint density at radius 3 is 2.51 bits per heavy atom. The molecule has 0 atom stereocenters. The third-order valence-electron chi connectivity index (χ3n) is 7.21. The lowest BCUT2D eigenvalue weighted by Crippen LogP contribution is -2.50. The van der Waals surface area contributed by atoms with E-state index in [1.54, 1.807) is 11.1 Å². The summed E-state index contributed by atoms with van der Waals surface area (Å²) in [7, 11) is 0. The minimum atomic E-state index is -0.165. The van der Waals surface area contributed by atoms with Gasteiger partial charge in [0.2, 0.25) is 12.7 Å². The number of carbonyl (C=O) groups is 2. The molecular weight excluding hydrogens is 518 g/mol. The lowest BCUT2D eigenvalue weighted by Gasteiger charge is -2.35.